The number of hydrogen-bond acceptors (Lipinski definition) is 2. The molecule has 1 aromatic heterocycles. The first-order valence-electron chi connectivity index (χ1n) is 8.00. The lowest BCUT2D eigenvalue weighted by Gasteiger charge is -2.13. The molecule has 1 unspecified atom stereocenters. The minimum absolute atomic E-state index is 0.0817. The average molecular weight is 319 g/mol. The van der Waals surface area contributed by atoms with Crippen LogP contribution in [-0.4, -0.2) is 15.7 Å². The van der Waals surface area contributed by atoms with E-state index < -0.39 is 0 Å². The van der Waals surface area contributed by atoms with Gasteiger partial charge in [-0.05, 0) is 42.7 Å². The first-order valence-corrected chi connectivity index (χ1v) is 8.00. The predicted molar refractivity (Wildman–Crippen MR) is 95.7 cm³/mol. The van der Waals surface area contributed by atoms with Crippen molar-refractivity contribution in [2.45, 2.75) is 19.9 Å². The molecular formula is C20H21N3O. The summed E-state index contributed by atoms with van der Waals surface area (Å²) < 4.78 is 1.73. The average Bonchev–Trinajstić information content (AvgIpc) is 3.02. The van der Waals surface area contributed by atoms with Gasteiger partial charge in [-0.25, -0.2) is 0 Å². The molecule has 4 heteroatoms. The van der Waals surface area contributed by atoms with Crippen LogP contribution in [0.3, 0.4) is 0 Å². The Morgan fingerprint density at radius 1 is 1.17 bits per heavy atom. The van der Waals surface area contributed by atoms with Crippen LogP contribution in [0.1, 0.15) is 34.5 Å². The topological polar surface area (TPSA) is 46.9 Å². The molecule has 0 saturated carbocycles. The number of aromatic nitrogens is 2. The van der Waals surface area contributed by atoms with Gasteiger partial charge >= 0.3 is 0 Å². The standard InChI is InChI=1S/C20H21N3O/c1-14-7-4-5-10-19(14)16-8-6-9-17(11-16)20(24)22-15(2)18-12-21-23(3)13-18/h4-13,15H,1-3H3,(H,22,24). The van der Waals surface area contributed by atoms with E-state index in [2.05, 4.69) is 29.5 Å². The molecule has 0 bridgehead atoms. The molecule has 0 aliphatic heterocycles. The minimum Gasteiger partial charge on any atom is -0.345 e. The molecule has 4 nitrogen and oxygen atoms in total. The number of hydrogen-bond donors (Lipinski definition) is 1. The zero-order chi connectivity index (χ0) is 17.1. The third-order valence-corrected chi connectivity index (χ3v) is 4.15. The second kappa shape index (κ2) is 6.71. The van der Waals surface area contributed by atoms with Crippen molar-refractivity contribution in [3.8, 4) is 11.1 Å². The number of carbonyl (C=O) groups is 1. The predicted octanol–water partition coefficient (Wildman–Crippen LogP) is 3.89. The van der Waals surface area contributed by atoms with Gasteiger partial charge in [0.25, 0.3) is 5.91 Å². The van der Waals surface area contributed by atoms with E-state index in [0.717, 1.165) is 16.7 Å². The zero-order valence-corrected chi connectivity index (χ0v) is 14.2. The molecule has 0 radical (unpaired) electrons. The van der Waals surface area contributed by atoms with Crippen LogP contribution in [0.25, 0.3) is 11.1 Å². The fraction of sp³-hybridized carbons (Fsp3) is 0.200. The zero-order valence-electron chi connectivity index (χ0n) is 14.2. The lowest BCUT2D eigenvalue weighted by molar-refractivity contribution is 0.0940. The summed E-state index contributed by atoms with van der Waals surface area (Å²) in [5, 5.41) is 7.17. The van der Waals surface area contributed by atoms with Gasteiger partial charge in [0.1, 0.15) is 0 Å². The van der Waals surface area contributed by atoms with Crippen molar-refractivity contribution in [3.63, 3.8) is 0 Å². The molecule has 1 atom stereocenters. The summed E-state index contributed by atoms with van der Waals surface area (Å²) in [4.78, 5) is 12.6. The summed E-state index contributed by atoms with van der Waals surface area (Å²) in [6.07, 6.45) is 3.68. The van der Waals surface area contributed by atoms with Crippen molar-refractivity contribution >= 4 is 5.91 Å². The van der Waals surface area contributed by atoms with E-state index in [1.54, 1.807) is 10.9 Å². The summed E-state index contributed by atoms with van der Waals surface area (Å²) in [7, 11) is 1.86. The first-order chi connectivity index (χ1) is 11.5. The van der Waals surface area contributed by atoms with Crippen LogP contribution >= 0.6 is 0 Å². The first kappa shape index (κ1) is 16.0. The Bertz CT molecular complexity index is 867. The van der Waals surface area contributed by atoms with Gasteiger partial charge in [-0.15, -0.1) is 0 Å². The van der Waals surface area contributed by atoms with Crippen LogP contribution in [0, 0.1) is 6.92 Å². The SMILES string of the molecule is Cc1ccccc1-c1cccc(C(=O)NC(C)c2cnn(C)c2)c1. The molecule has 122 valence electrons. The van der Waals surface area contributed by atoms with Crippen molar-refractivity contribution in [2.75, 3.05) is 0 Å². The van der Waals surface area contributed by atoms with Gasteiger partial charge in [0, 0.05) is 24.4 Å². The molecule has 0 spiro atoms. The van der Waals surface area contributed by atoms with Crippen molar-refractivity contribution in [1.29, 1.82) is 0 Å². The van der Waals surface area contributed by atoms with E-state index in [-0.39, 0.29) is 11.9 Å². The van der Waals surface area contributed by atoms with Crippen molar-refractivity contribution in [1.82, 2.24) is 15.1 Å². The molecule has 0 saturated heterocycles. The Balaban J connectivity index is 1.81. The van der Waals surface area contributed by atoms with Gasteiger partial charge in [-0.2, -0.15) is 5.10 Å². The summed E-state index contributed by atoms with van der Waals surface area (Å²) in [6, 6.07) is 15.8. The number of rotatable bonds is 4. The largest absolute Gasteiger partial charge is 0.345 e. The van der Waals surface area contributed by atoms with Crippen LogP contribution < -0.4 is 5.32 Å². The third kappa shape index (κ3) is 3.38. The summed E-state index contributed by atoms with van der Waals surface area (Å²) in [5.41, 5.74) is 5.04. The van der Waals surface area contributed by atoms with E-state index >= 15 is 0 Å². The van der Waals surface area contributed by atoms with Crippen LogP contribution in [0.15, 0.2) is 60.9 Å². The number of benzene rings is 2. The molecule has 0 fully saturated rings. The number of nitrogens with zero attached hydrogens (tertiary/aromatic N) is 2. The van der Waals surface area contributed by atoms with E-state index in [4.69, 9.17) is 0 Å². The summed E-state index contributed by atoms with van der Waals surface area (Å²) in [5.74, 6) is -0.0817. The van der Waals surface area contributed by atoms with Crippen LogP contribution in [0.5, 0.6) is 0 Å². The number of aryl methyl sites for hydroxylation is 2. The number of carbonyl (C=O) groups excluding carboxylic acids is 1. The van der Waals surface area contributed by atoms with E-state index in [0.29, 0.717) is 5.56 Å². The van der Waals surface area contributed by atoms with Gasteiger partial charge in [0.05, 0.1) is 12.2 Å². The molecule has 1 N–H and O–H groups in total. The highest BCUT2D eigenvalue weighted by atomic mass is 16.1. The minimum atomic E-state index is -0.0895. The molecule has 0 aliphatic carbocycles. The van der Waals surface area contributed by atoms with Crippen molar-refractivity contribution in [2.24, 2.45) is 7.05 Å². The highest BCUT2D eigenvalue weighted by molar-refractivity contribution is 5.95. The van der Waals surface area contributed by atoms with Gasteiger partial charge in [-0.1, -0.05) is 36.4 Å². The molecule has 1 heterocycles. The molecule has 0 aliphatic rings. The van der Waals surface area contributed by atoms with E-state index in [1.807, 2.05) is 56.6 Å². The lowest BCUT2D eigenvalue weighted by atomic mass is 9.98. The normalized spacial score (nSPS) is 12.0. The Kier molecular flexibility index (Phi) is 4.47. The lowest BCUT2D eigenvalue weighted by Crippen LogP contribution is -2.26. The molecule has 1 amide bonds. The Labute approximate surface area is 142 Å². The second-order valence-corrected chi connectivity index (χ2v) is 6.04. The highest BCUT2D eigenvalue weighted by Gasteiger charge is 2.13. The van der Waals surface area contributed by atoms with Crippen LogP contribution in [-0.2, 0) is 7.05 Å². The van der Waals surface area contributed by atoms with Crippen molar-refractivity contribution < 1.29 is 4.79 Å². The fourth-order valence-electron chi connectivity index (χ4n) is 2.75. The maximum absolute atomic E-state index is 12.6. The molecule has 3 aromatic rings. The Morgan fingerprint density at radius 2 is 1.96 bits per heavy atom. The maximum atomic E-state index is 12.6. The molecule has 3 rings (SSSR count). The molecule has 24 heavy (non-hydrogen) atoms. The monoisotopic (exact) mass is 319 g/mol. The second-order valence-electron chi connectivity index (χ2n) is 6.04. The maximum Gasteiger partial charge on any atom is 0.251 e. The van der Waals surface area contributed by atoms with Crippen LogP contribution in [0.2, 0.25) is 0 Å². The Morgan fingerprint density at radius 3 is 2.67 bits per heavy atom. The van der Waals surface area contributed by atoms with E-state index in [9.17, 15) is 4.79 Å². The third-order valence-electron chi connectivity index (χ3n) is 4.15. The quantitative estimate of drug-likeness (QED) is 0.793. The van der Waals surface area contributed by atoms with Crippen molar-refractivity contribution in [3.05, 3.63) is 77.6 Å². The van der Waals surface area contributed by atoms with E-state index in [1.165, 1.54) is 5.56 Å². The summed E-state index contributed by atoms with van der Waals surface area (Å²) in [6.45, 7) is 4.03. The fourth-order valence-corrected chi connectivity index (χ4v) is 2.75. The van der Waals surface area contributed by atoms with Gasteiger partial charge in [0.2, 0.25) is 0 Å². The van der Waals surface area contributed by atoms with Gasteiger partial charge < -0.3 is 5.32 Å². The number of nitrogens with one attached hydrogen (secondary N) is 1. The molecule has 2 aromatic carbocycles. The smallest absolute Gasteiger partial charge is 0.251 e. The highest BCUT2D eigenvalue weighted by Crippen LogP contribution is 2.24. The Hall–Kier alpha value is -2.88. The van der Waals surface area contributed by atoms with Gasteiger partial charge in [0.15, 0.2) is 0 Å². The summed E-state index contributed by atoms with van der Waals surface area (Å²) >= 11 is 0. The molecular weight excluding hydrogens is 298 g/mol. The number of amides is 1. The van der Waals surface area contributed by atoms with Gasteiger partial charge in [-0.3, -0.25) is 9.48 Å². The van der Waals surface area contributed by atoms with Crippen LogP contribution in [0.4, 0.5) is 0 Å².